The van der Waals surface area contributed by atoms with Gasteiger partial charge in [-0.1, -0.05) is 54.9 Å². The van der Waals surface area contributed by atoms with Crippen LogP contribution in [0.25, 0.3) is 0 Å². The molecular formula is C26H26BrN3O4S. The van der Waals surface area contributed by atoms with Gasteiger partial charge in [0.05, 0.1) is 10.5 Å². The number of hydrogen-bond donors (Lipinski definition) is 2. The van der Waals surface area contributed by atoms with E-state index in [-0.39, 0.29) is 16.9 Å². The Kier molecular flexibility index (Phi) is 7.10. The molecule has 1 amide bonds. The van der Waals surface area contributed by atoms with E-state index in [1.807, 2.05) is 30.3 Å². The molecule has 0 saturated heterocycles. The molecule has 9 heteroatoms. The third-order valence-corrected chi connectivity index (χ3v) is 7.95. The van der Waals surface area contributed by atoms with E-state index in [1.165, 1.54) is 23.6 Å². The molecule has 1 aliphatic rings. The van der Waals surface area contributed by atoms with Crippen LogP contribution in [-0.2, 0) is 12.8 Å². The number of aromatic hydroxyl groups is 1. The Morgan fingerprint density at radius 2 is 2.00 bits per heavy atom. The molecule has 7 nitrogen and oxygen atoms in total. The number of nitrogens with zero attached hydrogens (tertiary/aromatic N) is 2. The standard InChI is InChI=1S/C26H26BrN3O4S/c1-26(2,3)16-9-10-19-21(12-16)35-25(22(19)24(32)29-18-7-5-4-6-8-18)28-14-15-11-17(27)13-20(23(15)31)30(33)34/h4-8,11,13-14,16,31H,9-10,12H2,1-3H3,(H,29,32)/t16-/m0/s1. The molecule has 0 spiro atoms. The lowest BCUT2D eigenvalue weighted by Gasteiger charge is -2.33. The van der Waals surface area contributed by atoms with Crippen molar-refractivity contribution in [2.24, 2.45) is 16.3 Å². The molecule has 0 aliphatic heterocycles. The van der Waals surface area contributed by atoms with Crippen molar-refractivity contribution >= 4 is 55.8 Å². The molecule has 1 heterocycles. The van der Waals surface area contributed by atoms with Gasteiger partial charge in [0.25, 0.3) is 5.91 Å². The molecule has 2 aromatic carbocycles. The normalized spacial score (nSPS) is 15.7. The molecule has 0 bridgehead atoms. The minimum absolute atomic E-state index is 0.151. The van der Waals surface area contributed by atoms with E-state index in [0.29, 0.717) is 26.6 Å². The van der Waals surface area contributed by atoms with Crippen LogP contribution >= 0.6 is 27.3 Å². The zero-order valence-corrected chi connectivity index (χ0v) is 22.1. The Morgan fingerprint density at radius 1 is 1.29 bits per heavy atom. The summed E-state index contributed by atoms with van der Waals surface area (Å²) < 4.78 is 0.448. The van der Waals surface area contributed by atoms with Crippen LogP contribution in [0.4, 0.5) is 16.4 Å². The van der Waals surface area contributed by atoms with Gasteiger partial charge in [-0.25, -0.2) is 4.99 Å². The van der Waals surface area contributed by atoms with E-state index in [0.717, 1.165) is 29.7 Å². The maximum Gasteiger partial charge on any atom is 0.312 e. The van der Waals surface area contributed by atoms with Crippen LogP contribution in [0.2, 0.25) is 0 Å². The summed E-state index contributed by atoms with van der Waals surface area (Å²) in [7, 11) is 0. The summed E-state index contributed by atoms with van der Waals surface area (Å²) in [5, 5.41) is 25.2. The Bertz CT molecular complexity index is 1310. The Balaban J connectivity index is 1.76. The largest absolute Gasteiger partial charge is 0.502 e. The maximum absolute atomic E-state index is 13.4. The Morgan fingerprint density at radius 3 is 2.66 bits per heavy atom. The number of fused-ring (bicyclic) bond motifs is 1. The van der Waals surface area contributed by atoms with Gasteiger partial charge < -0.3 is 10.4 Å². The molecule has 1 aliphatic carbocycles. The topological polar surface area (TPSA) is 105 Å². The highest BCUT2D eigenvalue weighted by atomic mass is 79.9. The summed E-state index contributed by atoms with van der Waals surface area (Å²) in [6.07, 6.45) is 4.03. The second kappa shape index (κ2) is 9.91. The molecule has 182 valence electrons. The zero-order valence-electron chi connectivity index (χ0n) is 19.7. The van der Waals surface area contributed by atoms with Crippen molar-refractivity contribution in [2.45, 2.75) is 40.0 Å². The van der Waals surface area contributed by atoms with E-state index >= 15 is 0 Å². The highest BCUT2D eigenvalue weighted by Gasteiger charge is 2.33. The number of aliphatic imine (C=N–C) groups is 1. The van der Waals surface area contributed by atoms with Crippen LogP contribution in [0.15, 0.2) is 51.9 Å². The second-order valence-electron chi connectivity index (χ2n) is 9.69. The fraction of sp³-hybridized carbons (Fsp3) is 0.308. The molecule has 4 rings (SSSR count). The van der Waals surface area contributed by atoms with Gasteiger partial charge in [-0.2, -0.15) is 0 Å². The molecule has 1 aromatic heterocycles. The average Bonchev–Trinajstić information content (AvgIpc) is 3.17. The molecule has 0 fully saturated rings. The highest BCUT2D eigenvalue weighted by Crippen LogP contribution is 2.45. The van der Waals surface area contributed by atoms with Crippen molar-refractivity contribution in [3.05, 3.63) is 78.6 Å². The molecule has 0 radical (unpaired) electrons. The van der Waals surface area contributed by atoms with Gasteiger partial charge in [0.2, 0.25) is 5.75 Å². The van der Waals surface area contributed by atoms with Crippen molar-refractivity contribution in [1.29, 1.82) is 0 Å². The number of anilines is 1. The van der Waals surface area contributed by atoms with Crippen molar-refractivity contribution in [3.8, 4) is 5.75 Å². The summed E-state index contributed by atoms with van der Waals surface area (Å²) in [5.41, 5.74) is 2.16. The molecule has 0 saturated carbocycles. The van der Waals surface area contributed by atoms with E-state index in [1.54, 1.807) is 6.07 Å². The van der Waals surface area contributed by atoms with Crippen LogP contribution in [0.5, 0.6) is 5.75 Å². The van der Waals surface area contributed by atoms with E-state index in [2.05, 4.69) is 47.0 Å². The summed E-state index contributed by atoms with van der Waals surface area (Å²) in [5.74, 6) is -0.210. The summed E-state index contributed by atoms with van der Waals surface area (Å²) in [6, 6.07) is 12.0. The number of para-hydroxylation sites is 1. The Labute approximate surface area is 216 Å². The lowest BCUT2D eigenvalue weighted by molar-refractivity contribution is -0.385. The number of benzene rings is 2. The van der Waals surface area contributed by atoms with Crippen molar-refractivity contribution in [2.75, 3.05) is 5.32 Å². The lowest BCUT2D eigenvalue weighted by Crippen LogP contribution is -2.27. The third-order valence-electron chi connectivity index (χ3n) is 6.33. The van der Waals surface area contributed by atoms with Gasteiger partial charge in [0.1, 0.15) is 5.00 Å². The molecular weight excluding hydrogens is 530 g/mol. The fourth-order valence-corrected chi connectivity index (χ4v) is 6.05. The Hall–Kier alpha value is -3.04. The van der Waals surface area contributed by atoms with E-state index in [4.69, 9.17) is 0 Å². The first-order chi connectivity index (χ1) is 16.5. The number of thiophene rings is 1. The summed E-state index contributed by atoms with van der Waals surface area (Å²) in [4.78, 5) is 29.8. The predicted molar refractivity (Wildman–Crippen MR) is 143 cm³/mol. The minimum atomic E-state index is -0.646. The number of halogens is 1. The van der Waals surface area contributed by atoms with Crippen molar-refractivity contribution in [1.82, 2.24) is 0 Å². The SMILES string of the molecule is CC(C)(C)[C@H]1CCc2c(sc(N=Cc3cc(Br)cc([N+](=O)[O-])c3O)c2C(=O)Nc2ccccc2)C1. The fourth-order valence-electron chi connectivity index (χ4n) is 4.32. The van der Waals surface area contributed by atoms with Gasteiger partial charge in [-0.05, 0) is 54.4 Å². The number of nitrogens with one attached hydrogen (secondary N) is 1. The zero-order chi connectivity index (χ0) is 25.3. The summed E-state index contributed by atoms with van der Waals surface area (Å²) in [6.45, 7) is 6.71. The molecule has 35 heavy (non-hydrogen) atoms. The number of phenols is 1. The lowest BCUT2D eigenvalue weighted by atomic mass is 9.72. The average molecular weight is 556 g/mol. The van der Waals surface area contributed by atoms with Gasteiger partial charge in [-0.3, -0.25) is 14.9 Å². The molecule has 1 atom stereocenters. The number of phenolic OH excluding ortho intramolecular Hbond substituents is 1. The first kappa shape index (κ1) is 25.1. The van der Waals surface area contributed by atoms with Crippen LogP contribution in [-0.4, -0.2) is 22.2 Å². The van der Waals surface area contributed by atoms with Crippen LogP contribution in [0, 0.1) is 21.4 Å². The quantitative estimate of drug-likeness (QED) is 0.196. The van der Waals surface area contributed by atoms with E-state index in [9.17, 15) is 20.0 Å². The van der Waals surface area contributed by atoms with Crippen molar-refractivity contribution < 1.29 is 14.8 Å². The molecule has 0 unspecified atom stereocenters. The number of nitro benzene ring substituents is 1. The maximum atomic E-state index is 13.4. The van der Waals surface area contributed by atoms with E-state index < -0.39 is 16.4 Å². The van der Waals surface area contributed by atoms with Crippen LogP contribution < -0.4 is 5.32 Å². The number of amides is 1. The number of carbonyl (C=O) groups is 1. The number of carbonyl (C=O) groups excluding carboxylic acids is 1. The number of hydrogen-bond acceptors (Lipinski definition) is 6. The minimum Gasteiger partial charge on any atom is -0.502 e. The molecule has 3 aromatic rings. The van der Waals surface area contributed by atoms with Crippen molar-refractivity contribution in [3.63, 3.8) is 0 Å². The third kappa shape index (κ3) is 5.46. The monoisotopic (exact) mass is 555 g/mol. The number of rotatable bonds is 5. The van der Waals surface area contributed by atoms with Crippen LogP contribution in [0.3, 0.4) is 0 Å². The van der Waals surface area contributed by atoms with Gasteiger partial charge in [-0.15, -0.1) is 11.3 Å². The second-order valence-corrected chi connectivity index (χ2v) is 11.7. The molecule has 2 N–H and O–H groups in total. The van der Waals surface area contributed by atoms with Gasteiger partial charge >= 0.3 is 5.69 Å². The smallest absolute Gasteiger partial charge is 0.312 e. The number of nitro groups is 1. The summed E-state index contributed by atoms with van der Waals surface area (Å²) >= 11 is 4.72. The van der Waals surface area contributed by atoms with Crippen LogP contribution in [0.1, 0.15) is 53.6 Å². The first-order valence-corrected chi connectivity index (χ1v) is 12.9. The first-order valence-electron chi connectivity index (χ1n) is 11.3. The predicted octanol–water partition coefficient (Wildman–Crippen LogP) is 7.28. The highest BCUT2D eigenvalue weighted by molar-refractivity contribution is 9.10. The van der Waals surface area contributed by atoms with Gasteiger partial charge in [0, 0.05) is 32.9 Å². The van der Waals surface area contributed by atoms with Gasteiger partial charge in [0.15, 0.2) is 0 Å².